The van der Waals surface area contributed by atoms with Crippen molar-refractivity contribution in [3.63, 3.8) is 0 Å². The molecule has 0 bridgehead atoms. The van der Waals surface area contributed by atoms with Crippen LogP contribution in [0.15, 0.2) is 18.2 Å². The molecule has 2 rings (SSSR count). The van der Waals surface area contributed by atoms with E-state index in [1.165, 1.54) is 0 Å². The van der Waals surface area contributed by atoms with E-state index in [0.29, 0.717) is 24.7 Å². The molecule has 1 heterocycles. The quantitative estimate of drug-likeness (QED) is 0.872. The lowest BCUT2D eigenvalue weighted by atomic mass is 10.1. The van der Waals surface area contributed by atoms with Gasteiger partial charge in [-0.05, 0) is 17.5 Å². The summed E-state index contributed by atoms with van der Waals surface area (Å²) >= 11 is 0. The van der Waals surface area contributed by atoms with Crippen LogP contribution >= 0.6 is 0 Å². The zero-order valence-corrected chi connectivity index (χ0v) is 10.7. The Morgan fingerprint density at radius 2 is 2.39 bits per heavy atom. The van der Waals surface area contributed by atoms with Crippen LogP contribution in [0.4, 0.5) is 0 Å². The summed E-state index contributed by atoms with van der Waals surface area (Å²) < 4.78 is 11.0. The van der Waals surface area contributed by atoms with Crippen LogP contribution in [0, 0.1) is 5.92 Å². The first-order valence-corrected chi connectivity index (χ1v) is 6.25. The second-order valence-electron chi connectivity index (χ2n) is 4.74. The summed E-state index contributed by atoms with van der Waals surface area (Å²) in [5.41, 5.74) is 0.929. The predicted octanol–water partition coefficient (Wildman–Crippen LogP) is 2.50. The molecule has 1 aliphatic rings. The van der Waals surface area contributed by atoms with Gasteiger partial charge in [-0.25, -0.2) is 4.79 Å². The van der Waals surface area contributed by atoms with Gasteiger partial charge >= 0.3 is 5.97 Å². The molecule has 2 atom stereocenters. The largest absolute Gasteiger partial charge is 0.493 e. The van der Waals surface area contributed by atoms with E-state index in [1.54, 1.807) is 6.07 Å². The predicted molar refractivity (Wildman–Crippen MR) is 67.1 cm³/mol. The second-order valence-corrected chi connectivity index (χ2v) is 4.74. The van der Waals surface area contributed by atoms with Gasteiger partial charge in [0.05, 0.1) is 6.61 Å². The Bertz CT molecular complexity index is 441. The summed E-state index contributed by atoms with van der Waals surface area (Å²) in [5, 5.41) is 8.91. The first-order chi connectivity index (χ1) is 8.60. The Morgan fingerprint density at radius 1 is 1.61 bits per heavy atom. The van der Waals surface area contributed by atoms with E-state index in [1.807, 2.05) is 12.1 Å². The van der Waals surface area contributed by atoms with E-state index in [2.05, 4.69) is 13.8 Å². The highest BCUT2D eigenvalue weighted by molar-refractivity contribution is 5.74. The number of fused-ring (bicyclic) bond motifs is 1. The highest BCUT2D eigenvalue weighted by Crippen LogP contribution is 2.32. The molecule has 0 aromatic heterocycles. The van der Waals surface area contributed by atoms with Gasteiger partial charge in [0, 0.05) is 12.5 Å². The molecule has 1 aliphatic heterocycles. The van der Waals surface area contributed by atoms with Gasteiger partial charge in [-0.1, -0.05) is 26.3 Å². The van der Waals surface area contributed by atoms with Crippen molar-refractivity contribution < 1.29 is 19.4 Å². The normalized spacial score (nSPS) is 18.9. The highest BCUT2D eigenvalue weighted by atomic mass is 16.5. The standard InChI is InChI=1S/C14H18O4/c1-3-9(2)8-17-11-5-4-10-6-13(14(15)16)18-12(10)7-11/h4-5,7,9,13H,3,6,8H2,1-2H3,(H,15,16). The zero-order chi connectivity index (χ0) is 13.1. The fraction of sp³-hybridized carbons (Fsp3) is 0.500. The molecule has 1 aromatic carbocycles. The molecule has 98 valence electrons. The highest BCUT2D eigenvalue weighted by Gasteiger charge is 2.28. The summed E-state index contributed by atoms with van der Waals surface area (Å²) in [6.07, 6.45) is 0.739. The molecule has 4 nitrogen and oxygen atoms in total. The molecule has 0 saturated heterocycles. The average molecular weight is 250 g/mol. The van der Waals surface area contributed by atoms with Crippen LogP contribution in [0.25, 0.3) is 0 Å². The molecule has 0 amide bonds. The zero-order valence-electron chi connectivity index (χ0n) is 10.7. The molecule has 0 saturated carbocycles. The van der Waals surface area contributed by atoms with E-state index < -0.39 is 12.1 Å². The van der Waals surface area contributed by atoms with Gasteiger partial charge in [-0.2, -0.15) is 0 Å². The van der Waals surface area contributed by atoms with Crippen LogP contribution in [-0.2, 0) is 11.2 Å². The van der Waals surface area contributed by atoms with Crippen molar-refractivity contribution >= 4 is 5.97 Å². The van der Waals surface area contributed by atoms with Gasteiger partial charge in [0.2, 0.25) is 0 Å². The molecule has 18 heavy (non-hydrogen) atoms. The molecule has 4 heteroatoms. The molecule has 0 spiro atoms. The van der Waals surface area contributed by atoms with Crippen LogP contribution in [0.1, 0.15) is 25.8 Å². The van der Waals surface area contributed by atoms with Crippen LogP contribution in [0.5, 0.6) is 11.5 Å². The molecule has 0 radical (unpaired) electrons. The molecule has 1 N–H and O–H groups in total. The smallest absolute Gasteiger partial charge is 0.345 e. The number of rotatable bonds is 5. The third-order valence-corrected chi connectivity index (χ3v) is 3.22. The first kappa shape index (κ1) is 12.7. The maximum atomic E-state index is 10.9. The van der Waals surface area contributed by atoms with E-state index in [0.717, 1.165) is 17.7 Å². The van der Waals surface area contributed by atoms with Crippen LogP contribution in [0.3, 0.4) is 0 Å². The van der Waals surface area contributed by atoms with Gasteiger partial charge in [0.25, 0.3) is 0 Å². The second kappa shape index (κ2) is 5.29. The number of carbonyl (C=O) groups is 1. The Balaban J connectivity index is 2.02. The molecule has 2 unspecified atom stereocenters. The van der Waals surface area contributed by atoms with Crippen molar-refractivity contribution in [2.24, 2.45) is 5.92 Å². The van der Waals surface area contributed by atoms with Gasteiger partial charge in [0.1, 0.15) is 11.5 Å². The SMILES string of the molecule is CCC(C)COc1ccc2c(c1)OC(C(=O)O)C2. The minimum Gasteiger partial charge on any atom is -0.493 e. The summed E-state index contributed by atoms with van der Waals surface area (Å²) in [6.45, 7) is 4.92. The fourth-order valence-electron chi connectivity index (χ4n) is 1.79. The number of hydrogen-bond acceptors (Lipinski definition) is 3. The third-order valence-electron chi connectivity index (χ3n) is 3.22. The molecular weight excluding hydrogens is 232 g/mol. The fourth-order valence-corrected chi connectivity index (χ4v) is 1.79. The Labute approximate surface area is 107 Å². The number of aliphatic carboxylic acids is 1. The summed E-state index contributed by atoms with van der Waals surface area (Å²) in [7, 11) is 0. The number of carboxylic acid groups (broad SMARTS) is 1. The molecular formula is C14H18O4. The molecule has 0 fully saturated rings. The lowest BCUT2D eigenvalue weighted by molar-refractivity contribution is -0.144. The Hall–Kier alpha value is -1.71. The lowest BCUT2D eigenvalue weighted by Crippen LogP contribution is -2.24. The number of carboxylic acids is 1. The van der Waals surface area contributed by atoms with Gasteiger partial charge in [-0.3, -0.25) is 0 Å². The number of benzene rings is 1. The average Bonchev–Trinajstić information content (AvgIpc) is 2.79. The molecule has 0 aliphatic carbocycles. The minimum absolute atomic E-state index is 0.427. The van der Waals surface area contributed by atoms with Crippen molar-refractivity contribution in [2.75, 3.05) is 6.61 Å². The first-order valence-electron chi connectivity index (χ1n) is 6.25. The molecule has 1 aromatic rings. The number of hydrogen-bond donors (Lipinski definition) is 1. The summed E-state index contributed by atoms with van der Waals surface area (Å²) in [5.74, 6) is 0.948. The minimum atomic E-state index is -0.923. The monoisotopic (exact) mass is 250 g/mol. The van der Waals surface area contributed by atoms with Crippen LogP contribution in [-0.4, -0.2) is 23.8 Å². The van der Waals surface area contributed by atoms with Crippen molar-refractivity contribution in [1.29, 1.82) is 0 Å². The Morgan fingerprint density at radius 3 is 3.06 bits per heavy atom. The van der Waals surface area contributed by atoms with Crippen molar-refractivity contribution in [3.05, 3.63) is 23.8 Å². The lowest BCUT2D eigenvalue weighted by Gasteiger charge is -2.11. The topological polar surface area (TPSA) is 55.8 Å². The van der Waals surface area contributed by atoms with Crippen LogP contribution in [0.2, 0.25) is 0 Å². The van der Waals surface area contributed by atoms with E-state index in [9.17, 15) is 4.79 Å². The van der Waals surface area contributed by atoms with Crippen molar-refractivity contribution in [3.8, 4) is 11.5 Å². The number of ether oxygens (including phenoxy) is 2. The van der Waals surface area contributed by atoms with Crippen LogP contribution < -0.4 is 9.47 Å². The maximum absolute atomic E-state index is 10.9. The van der Waals surface area contributed by atoms with Crippen molar-refractivity contribution in [2.45, 2.75) is 32.8 Å². The maximum Gasteiger partial charge on any atom is 0.345 e. The van der Waals surface area contributed by atoms with Gasteiger partial charge in [-0.15, -0.1) is 0 Å². The van der Waals surface area contributed by atoms with E-state index >= 15 is 0 Å². The van der Waals surface area contributed by atoms with Crippen molar-refractivity contribution in [1.82, 2.24) is 0 Å². The third kappa shape index (κ3) is 2.75. The Kier molecular flexibility index (Phi) is 3.75. The summed E-state index contributed by atoms with van der Waals surface area (Å²) in [4.78, 5) is 10.9. The summed E-state index contributed by atoms with van der Waals surface area (Å²) in [6, 6.07) is 5.53. The van der Waals surface area contributed by atoms with E-state index in [4.69, 9.17) is 14.6 Å². The van der Waals surface area contributed by atoms with E-state index in [-0.39, 0.29) is 0 Å². The van der Waals surface area contributed by atoms with Gasteiger partial charge < -0.3 is 14.6 Å². The van der Waals surface area contributed by atoms with Gasteiger partial charge in [0.15, 0.2) is 6.10 Å².